The molecule has 1 atom stereocenters. The predicted molar refractivity (Wildman–Crippen MR) is 43.5 cm³/mol. The third-order valence-electron chi connectivity index (χ3n) is 1.68. The Morgan fingerprint density at radius 1 is 1.73 bits per heavy atom. The average Bonchev–Trinajstić information content (AvgIpc) is 2.39. The molecule has 0 aromatic carbocycles. The smallest absolute Gasteiger partial charge is 0.262 e. The van der Waals surface area contributed by atoms with Gasteiger partial charge in [-0.2, -0.15) is 5.10 Å². The van der Waals surface area contributed by atoms with Gasteiger partial charge in [0.1, 0.15) is 6.04 Å². The molecule has 5 heteroatoms. The Hall–Kier alpha value is -0.200. The van der Waals surface area contributed by atoms with Crippen LogP contribution >= 0.6 is 22.6 Å². The van der Waals surface area contributed by atoms with Crippen LogP contribution in [0.3, 0.4) is 0 Å². The van der Waals surface area contributed by atoms with E-state index in [2.05, 4.69) is 5.10 Å². The van der Waals surface area contributed by atoms with E-state index in [4.69, 9.17) is 0 Å². The number of alkyl halides is 2. The fourth-order valence-electron chi connectivity index (χ4n) is 0.971. The molecule has 1 aromatic heterocycles. The zero-order valence-corrected chi connectivity index (χ0v) is 7.62. The highest BCUT2D eigenvalue weighted by atomic mass is 127. The number of aromatic nitrogens is 2. The molecular formula is C6H5F2IN2. The van der Waals surface area contributed by atoms with Crippen molar-refractivity contribution in [3.63, 3.8) is 0 Å². The summed E-state index contributed by atoms with van der Waals surface area (Å²) in [6.07, 6.45) is 3.14. The summed E-state index contributed by atoms with van der Waals surface area (Å²) in [5.41, 5.74) is 0. The summed E-state index contributed by atoms with van der Waals surface area (Å²) in [5.74, 6) is -2.52. The van der Waals surface area contributed by atoms with E-state index in [0.29, 0.717) is 0 Å². The molecule has 1 aliphatic rings. The van der Waals surface area contributed by atoms with Gasteiger partial charge in [0.25, 0.3) is 5.92 Å². The van der Waals surface area contributed by atoms with Gasteiger partial charge in [-0.05, 0) is 22.6 Å². The maximum Gasteiger partial charge on any atom is 0.272 e. The number of halogens is 3. The van der Waals surface area contributed by atoms with Gasteiger partial charge in [-0.25, -0.2) is 8.78 Å². The standard InChI is InChI=1S/C6H5F2IN2/c7-6(8)1-5(6)11-3-4(9)2-10-11/h2-3,5H,1H2. The molecule has 1 heterocycles. The van der Waals surface area contributed by atoms with Crippen molar-refractivity contribution in [2.24, 2.45) is 0 Å². The van der Waals surface area contributed by atoms with Crippen LogP contribution in [0.25, 0.3) is 0 Å². The first kappa shape index (κ1) is 7.45. The maximum atomic E-state index is 12.4. The molecule has 2 nitrogen and oxygen atoms in total. The lowest BCUT2D eigenvalue weighted by Crippen LogP contribution is -2.02. The zero-order chi connectivity index (χ0) is 8.06. The molecule has 1 fully saturated rings. The lowest BCUT2D eigenvalue weighted by atomic mass is 10.6. The van der Waals surface area contributed by atoms with Crippen LogP contribution in [0.1, 0.15) is 12.5 Å². The van der Waals surface area contributed by atoms with Crippen LogP contribution in [0.4, 0.5) is 8.78 Å². The van der Waals surface area contributed by atoms with Crippen molar-refractivity contribution in [3.05, 3.63) is 16.0 Å². The first-order valence-corrected chi connectivity index (χ1v) is 4.25. The van der Waals surface area contributed by atoms with Crippen molar-refractivity contribution in [3.8, 4) is 0 Å². The Morgan fingerprint density at radius 3 is 2.73 bits per heavy atom. The van der Waals surface area contributed by atoms with E-state index < -0.39 is 12.0 Å². The topological polar surface area (TPSA) is 17.8 Å². The average molecular weight is 270 g/mol. The number of rotatable bonds is 1. The van der Waals surface area contributed by atoms with E-state index in [1.807, 2.05) is 22.6 Å². The minimum atomic E-state index is -2.52. The molecular weight excluding hydrogens is 265 g/mol. The Balaban J connectivity index is 2.20. The summed E-state index contributed by atoms with van der Waals surface area (Å²) in [6.45, 7) is 0. The second kappa shape index (κ2) is 2.15. The van der Waals surface area contributed by atoms with E-state index in [1.165, 1.54) is 4.68 Å². The summed E-state index contributed by atoms with van der Waals surface area (Å²) >= 11 is 2.05. The summed E-state index contributed by atoms with van der Waals surface area (Å²) in [5, 5.41) is 3.80. The highest BCUT2D eigenvalue weighted by Gasteiger charge is 2.58. The normalized spacial score (nSPS) is 27.0. The molecule has 0 radical (unpaired) electrons. The molecule has 1 aliphatic carbocycles. The van der Waals surface area contributed by atoms with Gasteiger partial charge in [0.2, 0.25) is 0 Å². The third kappa shape index (κ3) is 1.25. The van der Waals surface area contributed by atoms with Gasteiger partial charge in [-0.3, -0.25) is 4.68 Å². The van der Waals surface area contributed by atoms with Gasteiger partial charge in [0.05, 0.1) is 9.77 Å². The number of hydrogen-bond donors (Lipinski definition) is 0. The van der Waals surface area contributed by atoms with Crippen molar-refractivity contribution in [2.75, 3.05) is 0 Å². The maximum absolute atomic E-state index is 12.4. The molecule has 0 spiro atoms. The fourth-order valence-corrected chi connectivity index (χ4v) is 1.38. The Bertz CT molecular complexity index is 284. The second-order valence-corrected chi connectivity index (χ2v) is 3.87. The molecule has 1 saturated carbocycles. The molecule has 1 unspecified atom stereocenters. The van der Waals surface area contributed by atoms with Gasteiger partial charge in [-0.1, -0.05) is 0 Å². The largest absolute Gasteiger partial charge is 0.272 e. The highest BCUT2D eigenvalue weighted by Crippen LogP contribution is 2.52. The Labute approximate surface area is 75.7 Å². The Morgan fingerprint density at radius 2 is 2.36 bits per heavy atom. The molecule has 0 amide bonds. The number of hydrogen-bond acceptors (Lipinski definition) is 1. The summed E-state index contributed by atoms with van der Waals surface area (Å²) in [6, 6.07) is -0.689. The quantitative estimate of drug-likeness (QED) is 0.714. The van der Waals surface area contributed by atoms with E-state index in [1.54, 1.807) is 12.4 Å². The molecule has 0 N–H and O–H groups in total. The monoisotopic (exact) mass is 270 g/mol. The van der Waals surface area contributed by atoms with Crippen molar-refractivity contribution in [2.45, 2.75) is 18.4 Å². The summed E-state index contributed by atoms with van der Waals surface area (Å²) in [4.78, 5) is 0. The Kier molecular flexibility index (Phi) is 1.45. The molecule has 0 aliphatic heterocycles. The van der Waals surface area contributed by atoms with Crippen molar-refractivity contribution in [1.82, 2.24) is 9.78 Å². The minimum absolute atomic E-state index is 0.0647. The van der Waals surface area contributed by atoms with Crippen molar-refractivity contribution in [1.29, 1.82) is 0 Å². The molecule has 11 heavy (non-hydrogen) atoms. The van der Waals surface area contributed by atoms with Gasteiger partial charge in [0, 0.05) is 12.6 Å². The summed E-state index contributed by atoms with van der Waals surface area (Å²) < 4.78 is 27.1. The van der Waals surface area contributed by atoms with Crippen molar-refractivity contribution < 1.29 is 8.78 Å². The molecule has 60 valence electrons. The molecule has 1 aromatic rings. The first-order chi connectivity index (χ1) is 5.09. The van der Waals surface area contributed by atoms with Crippen molar-refractivity contribution >= 4 is 22.6 Å². The van der Waals surface area contributed by atoms with Crippen LogP contribution in [0.15, 0.2) is 12.4 Å². The minimum Gasteiger partial charge on any atom is -0.262 e. The third-order valence-corrected chi connectivity index (χ3v) is 2.24. The van der Waals surface area contributed by atoms with E-state index >= 15 is 0 Å². The van der Waals surface area contributed by atoms with Crippen LogP contribution in [-0.4, -0.2) is 15.7 Å². The first-order valence-electron chi connectivity index (χ1n) is 3.17. The fraction of sp³-hybridized carbons (Fsp3) is 0.500. The highest BCUT2D eigenvalue weighted by molar-refractivity contribution is 14.1. The summed E-state index contributed by atoms with van der Waals surface area (Å²) in [7, 11) is 0. The van der Waals surface area contributed by atoms with E-state index in [9.17, 15) is 8.78 Å². The van der Waals surface area contributed by atoms with Crippen LogP contribution < -0.4 is 0 Å². The van der Waals surface area contributed by atoms with Crippen LogP contribution in [0, 0.1) is 3.57 Å². The van der Waals surface area contributed by atoms with Crippen LogP contribution in [-0.2, 0) is 0 Å². The van der Waals surface area contributed by atoms with Gasteiger partial charge in [-0.15, -0.1) is 0 Å². The molecule has 0 bridgehead atoms. The second-order valence-electron chi connectivity index (χ2n) is 2.62. The van der Waals surface area contributed by atoms with Crippen LogP contribution in [0.2, 0.25) is 0 Å². The van der Waals surface area contributed by atoms with Crippen LogP contribution in [0.5, 0.6) is 0 Å². The zero-order valence-electron chi connectivity index (χ0n) is 5.47. The van der Waals surface area contributed by atoms with Gasteiger partial charge in [0.15, 0.2) is 0 Å². The van der Waals surface area contributed by atoms with E-state index in [0.717, 1.165) is 3.57 Å². The molecule has 2 rings (SSSR count). The van der Waals surface area contributed by atoms with Gasteiger partial charge < -0.3 is 0 Å². The number of nitrogens with zero attached hydrogens (tertiary/aromatic N) is 2. The molecule has 0 saturated heterocycles. The van der Waals surface area contributed by atoms with Gasteiger partial charge >= 0.3 is 0 Å². The SMILES string of the molecule is FC1(F)CC1n1cc(I)cn1. The lowest BCUT2D eigenvalue weighted by Gasteiger charge is -1.95. The van der Waals surface area contributed by atoms with E-state index in [-0.39, 0.29) is 6.42 Å². The predicted octanol–water partition coefficient (Wildman–Crippen LogP) is 2.07. The lowest BCUT2D eigenvalue weighted by molar-refractivity contribution is 0.0983.